The third-order valence-corrected chi connectivity index (χ3v) is 5.31. The van der Waals surface area contributed by atoms with Crippen LogP contribution in [0, 0.1) is 0 Å². The summed E-state index contributed by atoms with van der Waals surface area (Å²) in [5, 5.41) is 0. The van der Waals surface area contributed by atoms with Gasteiger partial charge in [-0.25, -0.2) is 8.42 Å². The second-order valence-electron chi connectivity index (χ2n) is 4.74. The molecule has 2 rings (SSSR count). The summed E-state index contributed by atoms with van der Waals surface area (Å²) in [6.45, 7) is 0.712. The third kappa shape index (κ3) is 4.84. The van der Waals surface area contributed by atoms with E-state index in [1.54, 1.807) is 0 Å². The van der Waals surface area contributed by atoms with Gasteiger partial charge in [-0.05, 0) is 11.1 Å². The number of benzene rings is 2. The third-order valence-electron chi connectivity index (χ3n) is 3.13. The van der Waals surface area contributed by atoms with Crippen molar-refractivity contribution in [2.24, 2.45) is 0 Å². The Bertz CT molecular complexity index is 603. The first-order valence-corrected chi connectivity index (χ1v) is 8.88. The molecule has 0 aliphatic rings. The Morgan fingerprint density at radius 3 is 1.62 bits per heavy atom. The van der Waals surface area contributed by atoms with Crippen LogP contribution in [0.2, 0.25) is 0 Å². The Kier molecular flexibility index (Phi) is 5.79. The van der Waals surface area contributed by atoms with E-state index in [2.05, 4.69) is 0 Å². The molecule has 0 heterocycles. The highest BCUT2D eigenvalue weighted by Crippen LogP contribution is 2.15. The highest BCUT2D eigenvalue weighted by atomic mass is 35.5. The lowest BCUT2D eigenvalue weighted by atomic mass is 10.2. The molecule has 0 bridgehead atoms. The number of halogens is 1. The smallest absolute Gasteiger partial charge is 0.212 e. The van der Waals surface area contributed by atoms with Crippen LogP contribution in [0.3, 0.4) is 0 Å². The molecule has 3 nitrogen and oxygen atoms in total. The van der Waals surface area contributed by atoms with Crippen molar-refractivity contribution in [1.82, 2.24) is 4.31 Å². The lowest BCUT2D eigenvalue weighted by Gasteiger charge is -2.22. The summed E-state index contributed by atoms with van der Waals surface area (Å²) < 4.78 is 26.2. The van der Waals surface area contributed by atoms with Crippen LogP contribution in [0.4, 0.5) is 0 Å². The fourth-order valence-corrected chi connectivity index (χ4v) is 3.78. The van der Waals surface area contributed by atoms with Crippen molar-refractivity contribution in [1.29, 1.82) is 0 Å². The van der Waals surface area contributed by atoms with Gasteiger partial charge in [-0.15, -0.1) is 11.6 Å². The highest BCUT2D eigenvalue weighted by Gasteiger charge is 2.21. The molecule has 0 unspecified atom stereocenters. The van der Waals surface area contributed by atoms with Crippen molar-refractivity contribution in [3.05, 3.63) is 71.8 Å². The Hall–Kier alpha value is -1.36. The molecule has 0 radical (unpaired) electrons. The van der Waals surface area contributed by atoms with Crippen LogP contribution in [0.15, 0.2) is 60.7 Å². The summed E-state index contributed by atoms with van der Waals surface area (Å²) in [5.41, 5.74) is 1.93. The maximum Gasteiger partial charge on any atom is 0.215 e. The molecule has 0 amide bonds. The van der Waals surface area contributed by atoms with E-state index in [1.807, 2.05) is 60.7 Å². The lowest BCUT2D eigenvalue weighted by Crippen LogP contribution is -2.32. The average molecular weight is 324 g/mol. The van der Waals surface area contributed by atoms with E-state index in [-0.39, 0.29) is 11.6 Å². The van der Waals surface area contributed by atoms with Gasteiger partial charge in [-0.3, -0.25) is 0 Å². The molecule has 0 atom stereocenters. The maximum absolute atomic E-state index is 12.4. The van der Waals surface area contributed by atoms with Crippen LogP contribution in [0.25, 0.3) is 0 Å². The van der Waals surface area contributed by atoms with Gasteiger partial charge < -0.3 is 0 Å². The van der Waals surface area contributed by atoms with Crippen molar-refractivity contribution < 1.29 is 8.42 Å². The van der Waals surface area contributed by atoms with E-state index in [1.165, 1.54) is 4.31 Å². The zero-order chi connectivity index (χ0) is 15.1. The van der Waals surface area contributed by atoms with Gasteiger partial charge in [0.25, 0.3) is 0 Å². The first-order chi connectivity index (χ1) is 10.1. The van der Waals surface area contributed by atoms with Crippen molar-refractivity contribution in [2.75, 3.05) is 11.6 Å². The minimum atomic E-state index is -3.37. The molecule has 0 spiro atoms. The molecule has 0 saturated heterocycles. The van der Waals surface area contributed by atoms with Crippen molar-refractivity contribution in [2.45, 2.75) is 13.1 Å². The molecule has 112 valence electrons. The average Bonchev–Trinajstić information content (AvgIpc) is 2.49. The summed E-state index contributed by atoms with van der Waals surface area (Å²) in [5.74, 6) is 0.0522. The largest absolute Gasteiger partial charge is 0.215 e. The first kappa shape index (κ1) is 16.0. The molecular formula is C16H18ClNO2S. The molecule has 2 aromatic carbocycles. The number of rotatable bonds is 7. The van der Waals surface area contributed by atoms with Crippen molar-refractivity contribution in [3.63, 3.8) is 0 Å². The second kappa shape index (κ2) is 7.59. The van der Waals surface area contributed by atoms with Crippen LogP contribution in [-0.2, 0) is 23.1 Å². The monoisotopic (exact) mass is 323 g/mol. The first-order valence-electron chi connectivity index (χ1n) is 6.73. The summed E-state index contributed by atoms with van der Waals surface area (Å²) >= 11 is 5.63. The Balaban J connectivity index is 2.22. The summed E-state index contributed by atoms with van der Waals surface area (Å²) in [7, 11) is -3.37. The van der Waals surface area contributed by atoms with E-state index >= 15 is 0 Å². The van der Waals surface area contributed by atoms with Gasteiger partial charge in [0, 0.05) is 19.0 Å². The van der Waals surface area contributed by atoms with E-state index in [0.717, 1.165) is 11.1 Å². The van der Waals surface area contributed by atoms with Gasteiger partial charge in [-0.2, -0.15) is 4.31 Å². The van der Waals surface area contributed by atoms with Crippen molar-refractivity contribution in [3.8, 4) is 0 Å². The number of nitrogens with zero attached hydrogens (tertiary/aromatic N) is 1. The molecule has 0 aliphatic carbocycles. The lowest BCUT2D eigenvalue weighted by molar-refractivity contribution is 0.402. The fraction of sp³-hybridized carbons (Fsp3) is 0.250. The van der Waals surface area contributed by atoms with Crippen LogP contribution in [0.5, 0.6) is 0 Å². The standard InChI is InChI=1S/C16H18ClNO2S/c17-11-12-21(19,20)18(13-15-7-3-1-4-8-15)14-16-9-5-2-6-10-16/h1-10H,11-14H2. The summed E-state index contributed by atoms with van der Waals surface area (Å²) in [4.78, 5) is 0. The van der Waals surface area contributed by atoms with Gasteiger partial charge in [0.05, 0.1) is 5.75 Å². The minimum Gasteiger partial charge on any atom is -0.212 e. The zero-order valence-electron chi connectivity index (χ0n) is 11.7. The molecule has 0 aliphatic heterocycles. The fourth-order valence-electron chi connectivity index (χ4n) is 2.05. The van der Waals surface area contributed by atoms with Gasteiger partial charge in [0.15, 0.2) is 0 Å². The van der Waals surface area contributed by atoms with E-state index in [0.29, 0.717) is 13.1 Å². The SMILES string of the molecule is O=S(=O)(CCCl)N(Cc1ccccc1)Cc1ccccc1. The molecule has 5 heteroatoms. The van der Waals surface area contributed by atoms with Gasteiger partial charge in [0.1, 0.15) is 0 Å². The van der Waals surface area contributed by atoms with Crippen LogP contribution < -0.4 is 0 Å². The van der Waals surface area contributed by atoms with E-state index in [4.69, 9.17) is 11.6 Å². The van der Waals surface area contributed by atoms with Crippen LogP contribution >= 0.6 is 11.6 Å². The molecule has 0 N–H and O–H groups in total. The maximum atomic E-state index is 12.4. The molecule has 0 fully saturated rings. The number of sulfonamides is 1. The van der Waals surface area contributed by atoms with Gasteiger partial charge in [0.2, 0.25) is 10.0 Å². The van der Waals surface area contributed by atoms with E-state index in [9.17, 15) is 8.42 Å². The molecule has 21 heavy (non-hydrogen) atoms. The van der Waals surface area contributed by atoms with Crippen molar-refractivity contribution >= 4 is 21.6 Å². The summed E-state index contributed by atoms with van der Waals surface area (Å²) in [6, 6.07) is 19.2. The minimum absolute atomic E-state index is 0.0474. The number of hydrogen-bond acceptors (Lipinski definition) is 2. The molecular weight excluding hydrogens is 306 g/mol. The number of hydrogen-bond donors (Lipinski definition) is 0. The predicted octanol–water partition coefficient (Wildman–Crippen LogP) is 3.26. The van der Waals surface area contributed by atoms with Gasteiger partial charge >= 0.3 is 0 Å². The normalized spacial score (nSPS) is 11.7. The van der Waals surface area contributed by atoms with E-state index < -0.39 is 10.0 Å². The predicted molar refractivity (Wildman–Crippen MR) is 86.6 cm³/mol. The Morgan fingerprint density at radius 2 is 1.24 bits per heavy atom. The Morgan fingerprint density at radius 1 is 0.810 bits per heavy atom. The Labute approximate surface area is 131 Å². The highest BCUT2D eigenvalue weighted by molar-refractivity contribution is 7.89. The zero-order valence-corrected chi connectivity index (χ0v) is 13.2. The molecule has 0 saturated carbocycles. The molecule has 0 aromatic heterocycles. The van der Waals surface area contributed by atoms with Crippen LogP contribution in [0.1, 0.15) is 11.1 Å². The van der Waals surface area contributed by atoms with Gasteiger partial charge in [-0.1, -0.05) is 60.7 Å². The number of alkyl halides is 1. The molecule has 2 aromatic rings. The second-order valence-corrected chi connectivity index (χ2v) is 7.21. The summed E-state index contributed by atoms with van der Waals surface area (Å²) in [6.07, 6.45) is 0. The topological polar surface area (TPSA) is 37.4 Å². The quantitative estimate of drug-likeness (QED) is 0.733. The van der Waals surface area contributed by atoms with Crippen LogP contribution in [-0.4, -0.2) is 24.4 Å².